The van der Waals surface area contributed by atoms with Gasteiger partial charge in [0.25, 0.3) is 0 Å². The zero-order chi connectivity index (χ0) is 11.2. The highest BCUT2D eigenvalue weighted by Gasteiger charge is 2.04. The summed E-state index contributed by atoms with van der Waals surface area (Å²) in [7, 11) is 0. The van der Waals surface area contributed by atoms with Crippen molar-refractivity contribution in [3.8, 4) is 6.07 Å². The molecule has 1 heterocycles. The van der Waals surface area contributed by atoms with E-state index in [1.807, 2.05) is 24.3 Å². The molecule has 0 saturated carbocycles. The monoisotopic (exact) mass is 213 g/mol. The Hall–Kier alpha value is -1.82. The molecule has 0 radical (unpaired) electrons. The first-order valence-electron chi connectivity index (χ1n) is 5.65. The van der Waals surface area contributed by atoms with Gasteiger partial charge >= 0.3 is 0 Å². The molecule has 0 spiro atoms. The fraction of sp³-hybridized carbons (Fsp3) is 0.385. The van der Waals surface area contributed by atoms with Gasteiger partial charge in [-0.3, -0.25) is 4.99 Å². The molecule has 0 bridgehead atoms. The summed E-state index contributed by atoms with van der Waals surface area (Å²) in [5, 5.41) is 12.1. The fourth-order valence-corrected chi connectivity index (χ4v) is 1.80. The molecule has 1 aromatic rings. The Bertz CT molecular complexity index is 429. The summed E-state index contributed by atoms with van der Waals surface area (Å²) in [6.07, 6.45) is 3.48. The van der Waals surface area contributed by atoms with Crippen LogP contribution in [0, 0.1) is 11.3 Å². The van der Waals surface area contributed by atoms with Gasteiger partial charge in [0.2, 0.25) is 0 Å². The molecule has 3 heteroatoms. The van der Waals surface area contributed by atoms with Crippen molar-refractivity contribution in [3.63, 3.8) is 0 Å². The van der Waals surface area contributed by atoms with Crippen LogP contribution < -0.4 is 5.32 Å². The Morgan fingerprint density at radius 2 is 2.31 bits per heavy atom. The van der Waals surface area contributed by atoms with Crippen molar-refractivity contribution in [1.82, 2.24) is 5.32 Å². The Labute approximate surface area is 95.8 Å². The van der Waals surface area contributed by atoms with Crippen LogP contribution in [0.1, 0.15) is 30.4 Å². The predicted molar refractivity (Wildman–Crippen MR) is 64.1 cm³/mol. The minimum absolute atomic E-state index is 0.713. The van der Waals surface area contributed by atoms with E-state index in [1.165, 1.54) is 12.8 Å². The average Bonchev–Trinajstić information content (AvgIpc) is 2.38. The van der Waals surface area contributed by atoms with Gasteiger partial charge in [-0.25, -0.2) is 0 Å². The predicted octanol–water partition coefficient (Wildman–Crippen LogP) is 2.23. The van der Waals surface area contributed by atoms with E-state index in [0.29, 0.717) is 5.56 Å². The van der Waals surface area contributed by atoms with E-state index in [9.17, 15) is 0 Å². The first-order valence-corrected chi connectivity index (χ1v) is 5.65. The maximum Gasteiger partial charge on any atom is 0.0991 e. The lowest BCUT2D eigenvalue weighted by Crippen LogP contribution is -2.25. The smallest absolute Gasteiger partial charge is 0.0991 e. The van der Waals surface area contributed by atoms with Crippen LogP contribution in [0.5, 0.6) is 0 Å². The number of nitriles is 1. The van der Waals surface area contributed by atoms with E-state index in [0.717, 1.165) is 30.9 Å². The molecule has 0 aliphatic carbocycles. The first-order chi connectivity index (χ1) is 7.88. The van der Waals surface area contributed by atoms with Gasteiger partial charge in [0, 0.05) is 19.5 Å². The zero-order valence-corrected chi connectivity index (χ0v) is 9.24. The minimum Gasteiger partial charge on any atom is -0.370 e. The number of benzene rings is 1. The summed E-state index contributed by atoms with van der Waals surface area (Å²) in [6.45, 7) is 1.70. The van der Waals surface area contributed by atoms with Crippen LogP contribution in [0.3, 0.4) is 0 Å². The number of rotatable bonds is 2. The highest BCUT2D eigenvalue weighted by atomic mass is 15.0. The second-order valence-electron chi connectivity index (χ2n) is 3.95. The van der Waals surface area contributed by atoms with E-state index in [-0.39, 0.29) is 0 Å². The Balaban J connectivity index is 1.94. The quantitative estimate of drug-likeness (QED) is 0.819. The van der Waals surface area contributed by atoms with Crippen LogP contribution in [-0.4, -0.2) is 12.4 Å². The van der Waals surface area contributed by atoms with Crippen LogP contribution in [0.25, 0.3) is 0 Å². The molecule has 1 aromatic carbocycles. The molecular formula is C13H15N3. The third-order valence-corrected chi connectivity index (χ3v) is 2.68. The summed E-state index contributed by atoms with van der Waals surface area (Å²) >= 11 is 0. The molecule has 3 nitrogen and oxygen atoms in total. The summed E-state index contributed by atoms with van der Waals surface area (Å²) in [5.41, 5.74) is 1.84. The molecule has 0 atom stereocenters. The van der Waals surface area contributed by atoms with Crippen LogP contribution in [0.4, 0.5) is 0 Å². The van der Waals surface area contributed by atoms with Gasteiger partial charge in [0.05, 0.1) is 17.5 Å². The van der Waals surface area contributed by atoms with E-state index < -0.39 is 0 Å². The largest absolute Gasteiger partial charge is 0.370 e. The average molecular weight is 213 g/mol. The molecule has 1 aliphatic heterocycles. The number of hydrogen-bond acceptors (Lipinski definition) is 3. The summed E-state index contributed by atoms with van der Waals surface area (Å²) in [4.78, 5) is 4.43. The minimum atomic E-state index is 0.713. The molecule has 0 unspecified atom stereocenters. The van der Waals surface area contributed by atoms with Gasteiger partial charge in [-0.2, -0.15) is 5.26 Å². The van der Waals surface area contributed by atoms with E-state index in [1.54, 1.807) is 0 Å². The molecule has 16 heavy (non-hydrogen) atoms. The van der Waals surface area contributed by atoms with Crippen LogP contribution in [0.15, 0.2) is 29.3 Å². The van der Waals surface area contributed by atoms with Gasteiger partial charge in [-0.1, -0.05) is 12.1 Å². The third kappa shape index (κ3) is 2.83. The number of amidine groups is 1. The van der Waals surface area contributed by atoms with Crippen LogP contribution in [-0.2, 0) is 6.54 Å². The first kappa shape index (κ1) is 10.7. The summed E-state index contributed by atoms with van der Waals surface area (Å²) in [5.74, 6) is 1.11. The molecule has 0 aromatic heterocycles. The van der Waals surface area contributed by atoms with Gasteiger partial charge in [0.15, 0.2) is 0 Å². The lowest BCUT2D eigenvalue weighted by atomic mass is 10.1. The molecule has 0 saturated heterocycles. The highest BCUT2D eigenvalue weighted by molar-refractivity contribution is 5.82. The molecule has 82 valence electrons. The maximum absolute atomic E-state index is 8.78. The summed E-state index contributed by atoms with van der Waals surface area (Å²) < 4.78 is 0. The van der Waals surface area contributed by atoms with E-state index in [4.69, 9.17) is 5.26 Å². The van der Waals surface area contributed by atoms with Crippen molar-refractivity contribution in [1.29, 1.82) is 5.26 Å². The van der Waals surface area contributed by atoms with E-state index >= 15 is 0 Å². The lowest BCUT2D eigenvalue weighted by molar-refractivity contribution is 0.706. The van der Waals surface area contributed by atoms with Gasteiger partial charge < -0.3 is 5.32 Å². The van der Waals surface area contributed by atoms with Crippen molar-refractivity contribution >= 4 is 5.84 Å². The van der Waals surface area contributed by atoms with Crippen LogP contribution >= 0.6 is 0 Å². The lowest BCUT2D eigenvalue weighted by Gasteiger charge is -2.13. The fourth-order valence-electron chi connectivity index (χ4n) is 1.80. The molecular weight excluding hydrogens is 198 g/mol. The van der Waals surface area contributed by atoms with Crippen molar-refractivity contribution in [2.24, 2.45) is 4.99 Å². The third-order valence-electron chi connectivity index (χ3n) is 2.68. The normalized spacial score (nSPS) is 15.1. The van der Waals surface area contributed by atoms with Gasteiger partial charge in [0.1, 0.15) is 0 Å². The summed E-state index contributed by atoms with van der Waals surface area (Å²) in [6, 6.07) is 9.82. The molecule has 1 N–H and O–H groups in total. The topological polar surface area (TPSA) is 48.2 Å². The van der Waals surface area contributed by atoms with Crippen LogP contribution in [0.2, 0.25) is 0 Å². The molecule has 0 fully saturated rings. The van der Waals surface area contributed by atoms with E-state index in [2.05, 4.69) is 16.4 Å². The number of nitrogens with zero attached hydrogens (tertiary/aromatic N) is 2. The van der Waals surface area contributed by atoms with Gasteiger partial charge in [-0.05, 0) is 30.5 Å². The highest BCUT2D eigenvalue weighted by Crippen LogP contribution is 2.07. The Morgan fingerprint density at radius 1 is 1.38 bits per heavy atom. The number of aliphatic imine (C=N–C) groups is 1. The number of hydrogen-bond donors (Lipinski definition) is 1. The van der Waals surface area contributed by atoms with Crippen molar-refractivity contribution in [2.45, 2.75) is 25.8 Å². The van der Waals surface area contributed by atoms with Crippen molar-refractivity contribution in [2.75, 3.05) is 6.54 Å². The second-order valence-corrected chi connectivity index (χ2v) is 3.95. The molecule has 1 aliphatic rings. The van der Waals surface area contributed by atoms with Gasteiger partial charge in [-0.15, -0.1) is 0 Å². The SMILES string of the molecule is N#Cc1cccc(CNC2=NCCCC2)c1. The molecule has 0 amide bonds. The number of nitrogens with one attached hydrogen (secondary N) is 1. The maximum atomic E-state index is 8.78. The Kier molecular flexibility index (Phi) is 3.55. The zero-order valence-electron chi connectivity index (χ0n) is 9.24. The van der Waals surface area contributed by atoms with Crippen molar-refractivity contribution < 1.29 is 0 Å². The van der Waals surface area contributed by atoms with Crippen molar-refractivity contribution in [3.05, 3.63) is 35.4 Å². The standard InChI is InChI=1S/C13H15N3/c14-9-11-4-3-5-12(8-11)10-16-13-6-1-2-7-15-13/h3-5,8H,1-2,6-7,10H2,(H,15,16). The molecule has 2 rings (SSSR count). The Morgan fingerprint density at radius 3 is 3.06 bits per heavy atom. The second kappa shape index (κ2) is 5.32.